The maximum atomic E-state index is 12.1. The second-order valence-electron chi connectivity index (χ2n) is 8.05. The van der Waals surface area contributed by atoms with Gasteiger partial charge in [-0.25, -0.2) is 4.79 Å². The Bertz CT molecular complexity index is 768. The van der Waals surface area contributed by atoms with E-state index in [1.807, 2.05) is 44.2 Å². The molecule has 4 atom stereocenters. The van der Waals surface area contributed by atoms with Gasteiger partial charge in [0.2, 0.25) is 11.8 Å². The van der Waals surface area contributed by atoms with E-state index in [9.17, 15) is 19.5 Å². The molecule has 0 aliphatic heterocycles. The van der Waals surface area contributed by atoms with Crippen LogP contribution in [0.2, 0.25) is 0 Å². The van der Waals surface area contributed by atoms with E-state index in [2.05, 4.69) is 10.3 Å². The van der Waals surface area contributed by atoms with Gasteiger partial charge in [0.25, 0.3) is 0 Å². The van der Waals surface area contributed by atoms with Crippen LogP contribution in [0.3, 0.4) is 0 Å². The highest BCUT2D eigenvalue weighted by molar-refractivity contribution is 5.85. The lowest BCUT2D eigenvalue weighted by Crippen LogP contribution is -2.48. The number of amides is 2. The SMILES string of the molecule is CC[C@H](C)CC(=O)NC(C(=O)OCc1ccccc1)C(C)O.NC(=O)[C@H](N)CCCN=C(N)N. The highest BCUT2D eigenvalue weighted by atomic mass is 16.5. The van der Waals surface area contributed by atoms with Gasteiger partial charge in [0.05, 0.1) is 12.1 Å². The number of aliphatic imine (C=N–C) groups is 1. The number of hydrogen-bond acceptors (Lipinski definition) is 7. The van der Waals surface area contributed by atoms with Crippen LogP contribution in [0.4, 0.5) is 0 Å². The molecule has 1 aromatic carbocycles. The molecule has 2 amide bonds. The van der Waals surface area contributed by atoms with Crippen LogP contribution in [-0.2, 0) is 25.7 Å². The van der Waals surface area contributed by atoms with Crippen molar-refractivity contribution in [1.29, 1.82) is 0 Å². The molecule has 0 spiro atoms. The first-order valence-electron chi connectivity index (χ1n) is 11.3. The summed E-state index contributed by atoms with van der Waals surface area (Å²) in [5.41, 5.74) is 21.3. The minimum absolute atomic E-state index is 0.0441. The van der Waals surface area contributed by atoms with Gasteiger partial charge in [-0.3, -0.25) is 14.6 Å². The highest BCUT2D eigenvalue weighted by Gasteiger charge is 2.27. The van der Waals surface area contributed by atoms with Crippen LogP contribution in [0, 0.1) is 5.92 Å². The van der Waals surface area contributed by atoms with E-state index in [0.29, 0.717) is 25.8 Å². The molecule has 0 aliphatic rings. The van der Waals surface area contributed by atoms with Crippen LogP contribution in [0.25, 0.3) is 0 Å². The lowest BCUT2D eigenvalue weighted by molar-refractivity contribution is -0.152. The maximum Gasteiger partial charge on any atom is 0.331 e. The summed E-state index contributed by atoms with van der Waals surface area (Å²) in [6.07, 6.45) is 1.36. The van der Waals surface area contributed by atoms with Crippen molar-refractivity contribution in [2.75, 3.05) is 6.54 Å². The second kappa shape index (κ2) is 17.3. The molecule has 11 nitrogen and oxygen atoms in total. The molecule has 0 aromatic heterocycles. The Labute approximate surface area is 201 Å². The Kier molecular flexibility index (Phi) is 15.7. The van der Waals surface area contributed by atoms with Crippen molar-refractivity contribution in [1.82, 2.24) is 5.32 Å². The molecule has 1 rings (SSSR count). The summed E-state index contributed by atoms with van der Waals surface area (Å²) in [4.78, 5) is 38.1. The molecule has 0 aliphatic carbocycles. The first-order chi connectivity index (χ1) is 16.0. The molecule has 0 radical (unpaired) electrons. The summed E-state index contributed by atoms with van der Waals surface area (Å²) < 4.78 is 5.17. The fraction of sp³-hybridized carbons (Fsp3) is 0.565. The molecule has 10 N–H and O–H groups in total. The third-order valence-corrected chi connectivity index (χ3v) is 4.84. The molecule has 11 heteroatoms. The fourth-order valence-electron chi connectivity index (χ4n) is 2.55. The van der Waals surface area contributed by atoms with E-state index < -0.39 is 30.1 Å². The van der Waals surface area contributed by atoms with E-state index in [4.69, 9.17) is 27.7 Å². The van der Waals surface area contributed by atoms with Gasteiger partial charge >= 0.3 is 5.97 Å². The molecule has 192 valence electrons. The van der Waals surface area contributed by atoms with E-state index in [0.717, 1.165) is 12.0 Å². The summed E-state index contributed by atoms with van der Waals surface area (Å²) in [6.45, 7) is 6.01. The Morgan fingerprint density at radius 1 is 1.12 bits per heavy atom. The predicted molar refractivity (Wildman–Crippen MR) is 131 cm³/mol. The zero-order valence-corrected chi connectivity index (χ0v) is 20.3. The van der Waals surface area contributed by atoms with Crippen molar-refractivity contribution >= 4 is 23.7 Å². The lowest BCUT2D eigenvalue weighted by Gasteiger charge is -2.21. The van der Waals surface area contributed by atoms with Crippen molar-refractivity contribution in [2.45, 2.75) is 71.2 Å². The largest absolute Gasteiger partial charge is 0.459 e. The van der Waals surface area contributed by atoms with E-state index >= 15 is 0 Å². The first kappa shape index (κ1) is 30.8. The van der Waals surface area contributed by atoms with Crippen LogP contribution in [0.1, 0.15) is 52.0 Å². The van der Waals surface area contributed by atoms with Crippen LogP contribution in [0.5, 0.6) is 0 Å². The van der Waals surface area contributed by atoms with Crippen molar-refractivity contribution < 1.29 is 24.2 Å². The molecular weight excluding hydrogens is 440 g/mol. The Morgan fingerprint density at radius 2 is 1.74 bits per heavy atom. The number of nitrogens with one attached hydrogen (secondary N) is 1. The van der Waals surface area contributed by atoms with Crippen molar-refractivity contribution in [2.24, 2.45) is 33.8 Å². The van der Waals surface area contributed by atoms with Crippen LogP contribution in [-0.4, -0.2) is 53.6 Å². The topological polar surface area (TPSA) is 209 Å². The van der Waals surface area contributed by atoms with Gasteiger partial charge in [0.1, 0.15) is 6.61 Å². The summed E-state index contributed by atoms with van der Waals surface area (Å²) >= 11 is 0. The molecule has 1 aromatic rings. The average Bonchev–Trinajstić information content (AvgIpc) is 2.79. The third-order valence-electron chi connectivity index (χ3n) is 4.84. The standard InChI is InChI=1S/C17H25NO4.C6H15N5O/c1-4-12(2)10-15(20)18-16(13(3)19)17(21)22-11-14-8-6-5-7-9-14;7-4(5(8)12)2-1-3-11-6(9)10/h5-9,12-13,16,19H,4,10-11H2,1-3H3,(H,18,20);4H,1-3,7H2,(H2,8,12)(H4,9,10,11)/t12-,13?,16?;4-/m01/s1. The van der Waals surface area contributed by atoms with Gasteiger partial charge in [0, 0.05) is 13.0 Å². The molecule has 0 heterocycles. The van der Waals surface area contributed by atoms with Crippen LogP contribution >= 0.6 is 0 Å². The number of rotatable bonds is 13. The number of aliphatic hydroxyl groups is 1. The van der Waals surface area contributed by atoms with E-state index in [1.54, 1.807) is 0 Å². The number of carbonyl (C=O) groups excluding carboxylic acids is 3. The Hall–Kier alpha value is -3.18. The number of carbonyl (C=O) groups is 3. The summed E-state index contributed by atoms with van der Waals surface area (Å²) in [6, 6.07) is 7.61. The zero-order valence-electron chi connectivity index (χ0n) is 20.3. The number of aliphatic hydroxyl groups excluding tert-OH is 1. The Morgan fingerprint density at radius 3 is 2.24 bits per heavy atom. The average molecular weight is 481 g/mol. The lowest BCUT2D eigenvalue weighted by atomic mass is 10.0. The minimum Gasteiger partial charge on any atom is -0.459 e. The highest BCUT2D eigenvalue weighted by Crippen LogP contribution is 2.08. The fourth-order valence-corrected chi connectivity index (χ4v) is 2.55. The quantitative estimate of drug-likeness (QED) is 0.0967. The second-order valence-corrected chi connectivity index (χ2v) is 8.05. The zero-order chi connectivity index (χ0) is 26.1. The van der Waals surface area contributed by atoms with Gasteiger partial charge in [0.15, 0.2) is 12.0 Å². The molecule has 0 saturated carbocycles. The van der Waals surface area contributed by atoms with E-state index in [1.165, 1.54) is 6.92 Å². The van der Waals surface area contributed by atoms with Crippen molar-refractivity contribution in [3.63, 3.8) is 0 Å². The number of ether oxygens (including phenoxy) is 1. The summed E-state index contributed by atoms with van der Waals surface area (Å²) in [7, 11) is 0. The van der Waals surface area contributed by atoms with Gasteiger partial charge in [-0.2, -0.15) is 0 Å². The number of guanidine groups is 1. The number of esters is 1. The smallest absolute Gasteiger partial charge is 0.331 e. The first-order valence-corrected chi connectivity index (χ1v) is 11.3. The molecular formula is C23H40N6O5. The maximum absolute atomic E-state index is 12.1. The van der Waals surface area contributed by atoms with Gasteiger partial charge in [-0.05, 0) is 31.2 Å². The van der Waals surface area contributed by atoms with Crippen LogP contribution < -0.4 is 28.3 Å². The number of nitrogens with two attached hydrogens (primary N) is 4. The number of primary amides is 1. The summed E-state index contributed by atoms with van der Waals surface area (Å²) in [5, 5.41) is 12.3. The molecule has 34 heavy (non-hydrogen) atoms. The Balaban J connectivity index is 0.000000770. The molecule has 0 saturated heterocycles. The number of hydrogen-bond donors (Lipinski definition) is 6. The minimum atomic E-state index is -1.04. The monoisotopic (exact) mass is 480 g/mol. The van der Waals surface area contributed by atoms with Crippen molar-refractivity contribution in [3.8, 4) is 0 Å². The van der Waals surface area contributed by atoms with Gasteiger partial charge in [-0.15, -0.1) is 0 Å². The predicted octanol–water partition coefficient (Wildman–Crippen LogP) is -0.116. The van der Waals surface area contributed by atoms with E-state index in [-0.39, 0.29) is 24.4 Å². The molecule has 0 bridgehead atoms. The number of nitrogens with zero attached hydrogens (tertiary/aromatic N) is 1. The van der Waals surface area contributed by atoms with Crippen molar-refractivity contribution in [3.05, 3.63) is 35.9 Å². The van der Waals surface area contributed by atoms with Crippen LogP contribution in [0.15, 0.2) is 35.3 Å². The summed E-state index contributed by atoms with van der Waals surface area (Å²) in [5.74, 6) is -1.11. The normalized spacial score (nSPS) is 13.8. The third kappa shape index (κ3) is 14.8. The van der Waals surface area contributed by atoms with Gasteiger partial charge in [-0.1, -0.05) is 50.6 Å². The number of benzene rings is 1. The molecule has 0 fully saturated rings. The van der Waals surface area contributed by atoms with Gasteiger partial charge < -0.3 is 38.1 Å². The molecule has 2 unspecified atom stereocenters.